The summed E-state index contributed by atoms with van der Waals surface area (Å²) in [6, 6.07) is 5.26. The Bertz CT molecular complexity index is 522. The first-order chi connectivity index (χ1) is 9.32. The van der Waals surface area contributed by atoms with Gasteiger partial charge >= 0.3 is 0 Å². The highest BCUT2D eigenvalue weighted by molar-refractivity contribution is 9.10. The number of ether oxygens (including phenoxy) is 1. The number of hydrogen-bond acceptors (Lipinski definition) is 2. The molecule has 0 spiro atoms. The van der Waals surface area contributed by atoms with E-state index in [0.717, 1.165) is 4.47 Å². The SMILES string of the molecule is CC1(C)CN(C(=O)c2ccc(Br)cc2Cl)CC(CCl)O1. The average molecular weight is 381 g/mol. The zero-order chi connectivity index (χ0) is 14.9. The number of alkyl halides is 1. The Morgan fingerprint density at radius 3 is 2.85 bits per heavy atom. The van der Waals surface area contributed by atoms with Gasteiger partial charge in [0.2, 0.25) is 0 Å². The van der Waals surface area contributed by atoms with Crippen molar-refractivity contribution in [2.75, 3.05) is 19.0 Å². The normalized spacial score (nSPS) is 21.9. The summed E-state index contributed by atoms with van der Waals surface area (Å²) in [5, 5.41) is 0.441. The van der Waals surface area contributed by atoms with Gasteiger partial charge in [-0.25, -0.2) is 0 Å². The van der Waals surface area contributed by atoms with Gasteiger partial charge in [-0.1, -0.05) is 27.5 Å². The van der Waals surface area contributed by atoms with Crippen molar-refractivity contribution in [1.29, 1.82) is 0 Å². The Morgan fingerprint density at radius 2 is 2.25 bits per heavy atom. The number of halogens is 3. The van der Waals surface area contributed by atoms with Gasteiger partial charge in [-0.2, -0.15) is 0 Å². The summed E-state index contributed by atoms with van der Waals surface area (Å²) in [5.41, 5.74) is 0.0934. The van der Waals surface area contributed by atoms with Crippen LogP contribution < -0.4 is 0 Å². The number of morpholine rings is 1. The molecule has 1 aliphatic rings. The smallest absolute Gasteiger partial charge is 0.255 e. The van der Waals surface area contributed by atoms with E-state index in [-0.39, 0.29) is 12.0 Å². The molecule has 1 atom stereocenters. The van der Waals surface area contributed by atoms with E-state index in [1.54, 1.807) is 17.0 Å². The lowest BCUT2D eigenvalue weighted by molar-refractivity contribution is -0.117. The van der Waals surface area contributed by atoms with Gasteiger partial charge in [0.1, 0.15) is 0 Å². The van der Waals surface area contributed by atoms with Crippen LogP contribution in [0, 0.1) is 0 Å². The van der Waals surface area contributed by atoms with Gasteiger partial charge in [-0.05, 0) is 32.0 Å². The zero-order valence-corrected chi connectivity index (χ0v) is 14.4. The van der Waals surface area contributed by atoms with Gasteiger partial charge < -0.3 is 9.64 Å². The molecule has 0 aliphatic carbocycles. The molecule has 0 aromatic heterocycles. The Kier molecular flexibility index (Phi) is 5.00. The largest absolute Gasteiger partial charge is 0.367 e. The van der Waals surface area contributed by atoms with E-state index >= 15 is 0 Å². The van der Waals surface area contributed by atoms with E-state index in [1.807, 2.05) is 19.9 Å². The molecule has 1 saturated heterocycles. The van der Waals surface area contributed by atoms with Crippen LogP contribution in [0.15, 0.2) is 22.7 Å². The van der Waals surface area contributed by atoms with E-state index in [4.69, 9.17) is 27.9 Å². The van der Waals surface area contributed by atoms with Crippen LogP contribution >= 0.6 is 39.1 Å². The molecule has 0 bridgehead atoms. The fourth-order valence-corrected chi connectivity index (χ4v) is 3.28. The first-order valence-corrected chi connectivity index (χ1v) is 8.01. The summed E-state index contributed by atoms with van der Waals surface area (Å²) in [7, 11) is 0. The highest BCUT2D eigenvalue weighted by Crippen LogP contribution is 2.27. The Balaban J connectivity index is 2.23. The van der Waals surface area contributed by atoms with Crippen molar-refractivity contribution in [1.82, 2.24) is 4.90 Å². The molecular formula is C14H16BrCl2NO2. The van der Waals surface area contributed by atoms with E-state index in [0.29, 0.717) is 29.6 Å². The minimum absolute atomic E-state index is 0.0889. The van der Waals surface area contributed by atoms with Gasteiger partial charge in [-0.15, -0.1) is 11.6 Å². The molecule has 1 unspecified atom stereocenters. The second kappa shape index (κ2) is 6.22. The summed E-state index contributed by atoms with van der Waals surface area (Å²) < 4.78 is 6.67. The number of nitrogens with zero attached hydrogens (tertiary/aromatic N) is 1. The number of carbonyl (C=O) groups is 1. The lowest BCUT2D eigenvalue weighted by atomic mass is 10.0. The first kappa shape index (κ1) is 16.1. The van der Waals surface area contributed by atoms with Crippen LogP contribution in [-0.4, -0.2) is 41.5 Å². The molecule has 1 heterocycles. The topological polar surface area (TPSA) is 29.5 Å². The summed E-state index contributed by atoms with van der Waals surface area (Å²) in [6.07, 6.45) is -0.154. The van der Waals surface area contributed by atoms with Crippen LogP contribution in [-0.2, 0) is 4.74 Å². The molecule has 110 valence electrons. The Morgan fingerprint density at radius 1 is 1.55 bits per heavy atom. The zero-order valence-electron chi connectivity index (χ0n) is 11.3. The van der Waals surface area contributed by atoms with Crippen LogP contribution in [0.2, 0.25) is 5.02 Å². The standard InChI is InChI=1S/C14H16BrCl2NO2/c1-14(2)8-18(7-10(6-16)20-14)13(19)11-4-3-9(15)5-12(11)17/h3-5,10H,6-8H2,1-2H3. The van der Waals surface area contributed by atoms with E-state index in [2.05, 4.69) is 15.9 Å². The second-order valence-electron chi connectivity index (χ2n) is 5.46. The first-order valence-electron chi connectivity index (χ1n) is 6.30. The number of amides is 1. The molecule has 0 radical (unpaired) electrons. The number of benzene rings is 1. The monoisotopic (exact) mass is 379 g/mol. The molecule has 1 aromatic rings. The molecular weight excluding hydrogens is 365 g/mol. The molecule has 1 fully saturated rings. The summed E-state index contributed by atoms with van der Waals surface area (Å²) in [5.74, 6) is 0.273. The molecule has 6 heteroatoms. The van der Waals surface area contributed by atoms with E-state index in [1.165, 1.54) is 0 Å². The van der Waals surface area contributed by atoms with Gasteiger partial charge in [0.05, 0.1) is 28.2 Å². The highest BCUT2D eigenvalue weighted by Gasteiger charge is 2.35. The van der Waals surface area contributed by atoms with E-state index < -0.39 is 5.60 Å². The van der Waals surface area contributed by atoms with Crippen LogP contribution in [0.3, 0.4) is 0 Å². The minimum Gasteiger partial charge on any atom is -0.367 e. The molecule has 0 N–H and O–H groups in total. The number of rotatable bonds is 2. The third-order valence-corrected chi connectivity index (χ3v) is 4.25. The quantitative estimate of drug-likeness (QED) is 0.726. The number of carbonyl (C=O) groups excluding carboxylic acids is 1. The lowest BCUT2D eigenvalue weighted by Gasteiger charge is -2.42. The highest BCUT2D eigenvalue weighted by atomic mass is 79.9. The fraction of sp³-hybridized carbons (Fsp3) is 0.500. The third kappa shape index (κ3) is 3.67. The van der Waals surface area contributed by atoms with Crippen molar-refractivity contribution >= 4 is 45.0 Å². The molecule has 1 amide bonds. The van der Waals surface area contributed by atoms with Crippen molar-refractivity contribution < 1.29 is 9.53 Å². The lowest BCUT2D eigenvalue weighted by Crippen LogP contribution is -2.55. The predicted octanol–water partition coefficient (Wildman–Crippen LogP) is 3.96. The third-order valence-electron chi connectivity index (χ3n) is 3.10. The molecule has 1 aliphatic heterocycles. The van der Waals surface area contributed by atoms with Crippen LogP contribution in [0.5, 0.6) is 0 Å². The van der Waals surface area contributed by atoms with Crippen molar-refractivity contribution in [3.05, 3.63) is 33.3 Å². The van der Waals surface area contributed by atoms with Crippen LogP contribution in [0.25, 0.3) is 0 Å². The van der Waals surface area contributed by atoms with Gasteiger partial charge in [0.15, 0.2) is 0 Å². The maximum absolute atomic E-state index is 12.6. The summed E-state index contributed by atoms with van der Waals surface area (Å²) in [6.45, 7) is 4.91. The Labute approximate surface area is 137 Å². The second-order valence-corrected chi connectivity index (χ2v) is 7.10. The Hall–Kier alpha value is -0.290. The van der Waals surface area contributed by atoms with Crippen molar-refractivity contribution in [2.24, 2.45) is 0 Å². The van der Waals surface area contributed by atoms with Gasteiger partial charge in [0.25, 0.3) is 5.91 Å². The molecule has 2 rings (SSSR count). The minimum atomic E-state index is -0.407. The van der Waals surface area contributed by atoms with Gasteiger partial charge in [0, 0.05) is 17.6 Å². The summed E-state index contributed by atoms with van der Waals surface area (Å²) >= 11 is 15.4. The van der Waals surface area contributed by atoms with Crippen molar-refractivity contribution in [2.45, 2.75) is 25.6 Å². The fourth-order valence-electron chi connectivity index (χ4n) is 2.36. The molecule has 0 saturated carbocycles. The van der Waals surface area contributed by atoms with E-state index in [9.17, 15) is 4.79 Å². The predicted molar refractivity (Wildman–Crippen MR) is 84.7 cm³/mol. The number of hydrogen-bond donors (Lipinski definition) is 0. The van der Waals surface area contributed by atoms with Crippen molar-refractivity contribution in [3.8, 4) is 0 Å². The molecule has 3 nitrogen and oxygen atoms in total. The van der Waals surface area contributed by atoms with Gasteiger partial charge in [-0.3, -0.25) is 4.79 Å². The van der Waals surface area contributed by atoms with Crippen LogP contribution in [0.1, 0.15) is 24.2 Å². The molecule has 1 aromatic carbocycles. The van der Waals surface area contributed by atoms with Crippen molar-refractivity contribution in [3.63, 3.8) is 0 Å². The molecule has 20 heavy (non-hydrogen) atoms. The summed E-state index contributed by atoms with van der Waals surface area (Å²) in [4.78, 5) is 14.4. The van der Waals surface area contributed by atoms with Crippen LogP contribution in [0.4, 0.5) is 0 Å². The maximum Gasteiger partial charge on any atom is 0.255 e. The maximum atomic E-state index is 12.6. The average Bonchev–Trinajstić information content (AvgIpc) is 2.36.